The highest BCUT2D eigenvalue weighted by molar-refractivity contribution is 5.89. The number of rotatable bonds is 4. The quantitative estimate of drug-likeness (QED) is 0.280. The summed E-state index contributed by atoms with van der Waals surface area (Å²) in [6.45, 7) is 0.0988. The molecule has 2 aliphatic rings. The molecule has 0 spiro atoms. The Balaban J connectivity index is 1.34. The second kappa shape index (κ2) is 9.19. The highest BCUT2D eigenvalue weighted by atomic mass is 16.8. The average Bonchev–Trinajstić information content (AvgIpc) is 2.86. The maximum absolute atomic E-state index is 12.5. The van der Waals surface area contributed by atoms with E-state index in [0.717, 1.165) is 16.3 Å². The van der Waals surface area contributed by atoms with Gasteiger partial charge in [0.2, 0.25) is 6.29 Å². The molecule has 3 aromatic rings. The highest BCUT2D eigenvalue weighted by Gasteiger charge is 2.50. The molecule has 33 heavy (non-hydrogen) atoms. The first-order chi connectivity index (χ1) is 16.1. The number of nitrogens with zero attached hydrogens (tertiary/aromatic N) is 3. The van der Waals surface area contributed by atoms with Gasteiger partial charge >= 0.3 is 5.97 Å². The van der Waals surface area contributed by atoms with Crippen LogP contribution in [0.4, 0.5) is 0 Å². The summed E-state index contributed by atoms with van der Waals surface area (Å²) in [7, 11) is 0. The van der Waals surface area contributed by atoms with Crippen molar-refractivity contribution >= 4 is 16.7 Å². The van der Waals surface area contributed by atoms with E-state index in [2.05, 4.69) is 10.0 Å². The van der Waals surface area contributed by atoms with Crippen LogP contribution in [-0.2, 0) is 18.9 Å². The Labute approximate surface area is 189 Å². The van der Waals surface area contributed by atoms with Crippen LogP contribution in [0.3, 0.4) is 0 Å². The third-order valence-corrected chi connectivity index (χ3v) is 5.80. The van der Waals surface area contributed by atoms with Crippen LogP contribution in [0.1, 0.15) is 22.2 Å². The standard InChI is InChI=1S/C24H21N3O6/c25-27-26-19-20(28)21-18(31-24(19)33-22(29)15-7-2-1-3-8-15)13-30-23(32-21)17-11-10-14-6-4-5-9-16(14)12-17/h1-12,18-21,23-24,28H,13H2/t18-,19-,20-,21-,23?,24+/m1/s1. The molecule has 6 atom stereocenters. The molecule has 0 aromatic heterocycles. The van der Waals surface area contributed by atoms with E-state index in [1.165, 1.54) is 0 Å². The van der Waals surface area contributed by atoms with Gasteiger partial charge in [-0.05, 0) is 34.5 Å². The fourth-order valence-corrected chi connectivity index (χ4v) is 4.13. The van der Waals surface area contributed by atoms with Gasteiger partial charge in [0, 0.05) is 10.5 Å². The largest absolute Gasteiger partial charge is 0.432 e. The molecule has 168 valence electrons. The smallest absolute Gasteiger partial charge is 0.340 e. The minimum Gasteiger partial charge on any atom is -0.432 e. The first-order valence-electron chi connectivity index (χ1n) is 10.5. The Morgan fingerprint density at radius 2 is 1.79 bits per heavy atom. The Hall–Kier alpha value is -3.46. The Morgan fingerprint density at radius 1 is 1.03 bits per heavy atom. The molecule has 0 saturated carbocycles. The van der Waals surface area contributed by atoms with Crippen molar-refractivity contribution < 1.29 is 28.8 Å². The summed E-state index contributed by atoms with van der Waals surface area (Å²) in [4.78, 5) is 15.3. The summed E-state index contributed by atoms with van der Waals surface area (Å²) < 4.78 is 23.2. The average molecular weight is 447 g/mol. The van der Waals surface area contributed by atoms with Crippen molar-refractivity contribution in [3.8, 4) is 0 Å². The van der Waals surface area contributed by atoms with Crippen molar-refractivity contribution in [2.75, 3.05) is 6.61 Å². The molecule has 3 aromatic carbocycles. The molecule has 9 heteroatoms. The number of esters is 1. The van der Waals surface area contributed by atoms with E-state index in [4.69, 9.17) is 24.5 Å². The van der Waals surface area contributed by atoms with Crippen molar-refractivity contribution in [3.05, 3.63) is 94.4 Å². The van der Waals surface area contributed by atoms with Crippen LogP contribution < -0.4 is 0 Å². The summed E-state index contributed by atoms with van der Waals surface area (Å²) in [6.07, 6.45) is -4.83. The van der Waals surface area contributed by atoms with Crippen LogP contribution in [0.25, 0.3) is 21.2 Å². The molecule has 5 rings (SSSR count). The Morgan fingerprint density at radius 3 is 2.58 bits per heavy atom. The summed E-state index contributed by atoms with van der Waals surface area (Å²) in [5.74, 6) is -0.656. The number of carbonyl (C=O) groups is 1. The number of aliphatic hydroxyl groups excluding tert-OH is 1. The van der Waals surface area contributed by atoms with Gasteiger partial charge in [0.1, 0.15) is 18.2 Å². The summed E-state index contributed by atoms with van der Waals surface area (Å²) in [5.41, 5.74) is 10.1. The van der Waals surface area contributed by atoms with E-state index in [1.807, 2.05) is 42.5 Å². The van der Waals surface area contributed by atoms with Crippen LogP contribution in [-0.4, -0.2) is 48.3 Å². The zero-order valence-electron chi connectivity index (χ0n) is 17.4. The Bertz CT molecular complexity index is 1200. The Kier molecular flexibility index (Phi) is 5.95. The zero-order valence-corrected chi connectivity index (χ0v) is 17.4. The maximum atomic E-state index is 12.5. The molecule has 0 amide bonds. The fraction of sp³-hybridized carbons (Fsp3) is 0.292. The van der Waals surface area contributed by atoms with Crippen molar-refractivity contribution in [2.45, 2.75) is 36.9 Å². The number of hydrogen-bond acceptors (Lipinski definition) is 7. The summed E-state index contributed by atoms with van der Waals surface area (Å²) >= 11 is 0. The van der Waals surface area contributed by atoms with E-state index in [-0.39, 0.29) is 6.61 Å². The molecular formula is C24H21N3O6. The van der Waals surface area contributed by atoms with Crippen molar-refractivity contribution in [1.82, 2.24) is 0 Å². The molecule has 2 saturated heterocycles. The molecular weight excluding hydrogens is 426 g/mol. The number of carbonyl (C=O) groups excluding carboxylic acids is 1. The van der Waals surface area contributed by atoms with Gasteiger partial charge in [-0.25, -0.2) is 4.79 Å². The number of fused-ring (bicyclic) bond motifs is 2. The van der Waals surface area contributed by atoms with E-state index < -0.39 is 42.9 Å². The van der Waals surface area contributed by atoms with Crippen LogP contribution >= 0.6 is 0 Å². The van der Waals surface area contributed by atoms with Crippen molar-refractivity contribution in [2.24, 2.45) is 5.11 Å². The van der Waals surface area contributed by atoms with Crippen molar-refractivity contribution in [1.29, 1.82) is 0 Å². The van der Waals surface area contributed by atoms with E-state index in [1.54, 1.807) is 30.3 Å². The molecule has 0 aliphatic carbocycles. The van der Waals surface area contributed by atoms with Gasteiger partial charge < -0.3 is 24.1 Å². The van der Waals surface area contributed by atoms with Crippen LogP contribution in [0.15, 0.2) is 77.9 Å². The molecule has 0 bridgehead atoms. The van der Waals surface area contributed by atoms with Crippen molar-refractivity contribution in [3.63, 3.8) is 0 Å². The zero-order chi connectivity index (χ0) is 22.8. The lowest BCUT2D eigenvalue weighted by molar-refractivity contribution is -0.334. The van der Waals surface area contributed by atoms with Gasteiger partial charge in [0.25, 0.3) is 0 Å². The predicted octanol–water partition coefficient (Wildman–Crippen LogP) is 3.88. The highest BCUT2D eigenvalue weighted by Crippen LogP contribution is 2.36. The predicted molar refractivity (Wildman–Crippen MR) is 117 cm³/mol. The topological polar surface area (TPSA) is 123 Å². The third kappa shape index (κ3) is 4.28. The number of aliphatic hydroxyl groups is 1. The number of azide groups is 1. The second-order valence-electron chi connectivity index (χ2n) is 7.87. The van der Waals surface area contributed by atoms with E-state index in [0.29, 0.717) is 5.56 Å². The second-order valence-corrected chi connectivity index (χ2v) is 7.87. The van der Waals surface area contributed by atoms with Crippen LogP contribution in [0, 0.1) is 0 Å². The summed E-state index contributed by atoms with van der Waals surface area (Å²) in [5, 5.41) is 16.7. The van der Waals surface area contributed by atoms with E-state index in [9.17, 15) is 9.90 Å². The monoisotopic (exact) mass is 447 g/mol. The SMILES string of the molecule is [N-]=[N+]=N[C@H]1[C@H](OC(=O)c2ccccc2)O[C@@H]2COC(c3ccc4ccccc4c3)O[C@H]2[C@@H]1O. The lowest BCUT2D eigenvalue weighted by Gasteiger charge is -2.46. The maximum Gasteiger partial charge on any atom is 0.340 e. The number of hydrogen-bond donors (Lipinski definition) is 1. The van der Waals surface area contributed by atoms with Gasteiger partial charge in [0.05, 0.1) is 18.3 Å². The lowest BCUT2D eigenvalue weighted by Crippen LogP contribution is -2.61. The first-order valence-corrected chi connectivity index (χ1v) is 10.5. The van der Waals surface area contributed by atoms with E-state index >= 15 is 0 Å². The third-order valence-electron chi connectivity index (χ3n) is 5.80. The fourth-order valence-electron chi connectivity index (χ4n) is 4.13. The summed E-state index contributed by atoms with van der Waals surface area (Å²) in [6, 6.07) is 20.9. The number of ether oxygens (including phenoxy) is 4. The molecule has 0 radical (unpaired) electrons. The molecule has 1 N–H and O–H groups in total. The lowest BCUT2D eigenvalue weighted by atomic mass is 9.96. The van der Waals surface area contributed by atoms with Gasteiger partial charge in [-0.3, -0.25) is 0 Å². The van der Waals surface area contributed by atoms with Gasteiger partial charge in [0.15, 0.2) is 6.29 Å². The number of benzene rings is 3. The molecule has 2 fully saturated rings. The molecule has 9 nitrogen and oxygen atoms in total. The van der Waals surface area contributed by atoms with Crippen LogP contribution in [0.5, 0.6) is 0 Å². The minimum atomic E-state index is -1.28. The van der Waals surface area contributed by atoms with Crippen LogP contribution in [0.2, 0.25) is 0 Å². The molecule has 1 unspecified atom stereocenters. The van der Waals surface area contributed by atoms with Gasteiger partial charge in [-0.1, -0.05) is 59.7 Å². The minimum absolute atomic E-state index is 0.0988. The molecule has 2 aliphatic heterocycles. The molecule has 2 heterocycles. The van der Waals surface area contributed by atoms with Gasteiger partial charge in [-0.2, -0.15) is 0 Å². The first kappa shape index (κ1) is 21.4. The van der Waals surface area contributed by atoms with Gasteiger partial charge in [-0.15, -0.1) is 0 Å². The normalized spacial score (nSPS) is 29.0.